The Morgan fingerprint density at radius 3 is 2.93 bits per heavy atom. The van der Waals surface area contributed by atoms with E-state index in [1.165, 1.54) is 0 Å². The lowest BCUT2D eigenvalue weighted by Gasteiger charge is -2.17. The number of aromatic nitrogens is 7. The van der Waals surface area contributed by atoms with Crippen molar-refractivity contribution in [1.29, 1.82) is 0 Å². The average molecular weight is 391 g/mol. The van der Waals surface area contributed by atoms with Gasteiger partial charge in [-0.25, -0.2) is 14.5 Å². The maximum Gasteiger partial charge on any atom is 0.256 e. The van der Waals surface area contributed by atoms with E-state index < -0.39 is 0 Å². The molecular weight excluding hydrogens is 370 g/mol. The van der Waals surface area contributed by atoms with Crippen LogP contribution in [0.5, 0.6) is 0 Å². The Bertz CT molecular complexity index is 1190. The van der Waals surface area contributed by atoms with Gasteiger partial charge in [-0.1, -0.05) is 0 Å². The van der Waals surface area contributed by atoms with Crippen LogP contribution < -0.4 is 10.2 Å². The summed E-state index contributed by atoms with van der Waals surface area (Å²) in [5, 5.41) is 11.6. The minimum absolute atomic E-state index is 0.0309. The molecule has 4 aromatic rings. The standard InChI is InChI=1S/C19H21N9O/c1-25-7-8-28-18(25)15(10-22-28)17(29)23-14-4-6-27(12-14)19-20-5-3-16(24-19)13-9-21-26(2)11-13/h3,5,7-11,14H,4,6,12H2,1-2H3,(H,23,29). The molecule has 0 aliphatic carbocycles. The first-order chi connectivity index (χ1) is 14.1. The third kappa shape index (κ3) is 3.12. The third-order valence-electron chi connectivity index (χ3n) is 5.23. The molecule has 0 aromatic carbocycles. The van der Waals surface area contributed by atoms with Gasteiger partial charge in [0, 0.05) is 63.6 Å². The maximum atomic E-state index is 12.8. The molecule has 10 nitrogen and oxygen atoms in total. The molecule has 5 rings (SSSR count). The Hall–Kier alpha value is -3.69. The summed E-state index contributed by atoms with van der Waals surface area (Å²) in [6.07, 6.45) is 11.6. The number of nitrogens with zero attached hydrogens (tertiary/aromatic N) is 8. The fraction of sp³-hybridized carbons (Fsp3) is 0.316. The number of hydrogen-bond donors (Lipinski definition) is 1. The highest BCUT2D eigenvalue weighted by Gasteiger charge is 2.27. The Morgan fingerprint density at radius 2 is 2.10 bits per heavy atom. The molecule has 1 N–H and O–H groups in total. The number of carbonyl (C=O) groups excluding carboxylic acids is 1. The molecule has 1 amide bonds. The highest BCUT2D eigenvalue weighted by Crippen LogP contribution is 2.21. The first-order valence-electron chi connectivity index (χ1n) is 9.45. The normalized spacial score (nSPS) is 16.6. The van der Waals surface area contributed by atoms with Gasteiger partial charge in [-0.05, 0) is 12.5 Å². The van der Waals surface area contributed by atoms with Gasteiger partial charge in [0.1, 0.15) is 11.2 Å². The van der Waals surface area contributed by atoms with Crippen LogP contribution in [-0.2, 0) is 14.1 Å². The van der Waals surface area contributed by atoms with Gasteiger partial charge < -0.3 is 14.8 Å². The number of hydrogen-bond acceptors (Lipinski definition) is 6. The van der Waals surface area contributed by atoms with Gasteiger partial charge in [0.25, 0.3) is 5.91 Å². The molecule has 29 heavy (non-hydrogen) atoms. The van der Waals surface area contributed by atoms with Crippen molar-refractivity contribution in [3.05, 3.63) is 48.8 Å². The second-order valence-corrected chi connectivity index (χ2v) is 7.29. The first kappa shape index (κ1) is 17.4. The highest BCUT2D eigenvalue weighted by molar-refractivity contribution is 6.00. The second kappa shape index (κ2) is 6.73. The Balaban J connectivity index is 1.29. The SMILES string of the molecule is Cn1cc(-c2ccnc(N3CCC(NC(=O)c4cnn5ccn(C)c45)C3)n2)cn1. The molecule has 5 heterocycles. The smallest absolute Gasteiger partial charge is 0.256 e. The Morgan fingerprint density at radius 1 is 1.21 bits per heavy atom. The first-order valence-corrected chi connectivity index (χ1v) is 9.45. The lowest BCUT2D eigenvalue weighted by atomic mass is 10.2. The number of imidazole rings is 1. The summed E-state index contributed by atoms with van der Waals surface area (Å²) in [6.45, 7) is 1.45. The van der Waals surface area contributed by atoms with Crippen molar-refractivity contribution in [2.45, 2.75) is 12.5 Å². The van der Waals surface area contributed by atoms with Gasteiger partial charge in [-0.3, -0.25) is 9.48 Å². The zero-order chi connectivity index (χ0) is 20.0. The predicted molar refractivity (Wildman–Crippen MR) is 106 cm³/mol. The van der Waals surface area contributed by atoms with E-state index in [1.54, 1.807) is 27.8 Å². The minimum atomic E-state index is -0.112. The van der Waals surface area contributed by atoms with Crippen LogP contribution in [0.3, 0.4) is 0 Å². The van der Waals surface area contributed by atoms with Crippen LogP contribution in [-0.4, -0.2) is 59.0 Å². The minimum Gasteiger partial charge on any atom is -0.347 e. The van der Waals surface area contributed by atoms with Crippen molar-refractivity contribution in [2.75, 3.05) is 18.0 Å². The van der Waals surface area contributed by atoms with E-state index in [0.29, 0.717) is 18.1 Å². The van der Waals surface area contributed by atoms with Gasteiger partial charge in [0.15, 0.2) is 0 Å². The molecular formula is C19H21N9O. The van der Waals surface area contributed by atoms with E-state index in [9.17, 15) is 4.79 Å². The van der Waals surface area contributed by atoms with Crippen molar-refractivity contribution in [2.24, 2.45) is 14.1 Å². The van der Waals surface area contributed by atoms with Crippen LogP contribution in [0.15, 0.2) is 43.2 Å². The number of aryl methyl sites for hydroxylation is 2. The Labute approximate surface area is 166 Å². The molecule has 4 aromatic heterocycles. The van der Waals surface area contributed by atoms with Gasteiger partial charge in [-0.2, -0.15) is 10.2 Å². The van der Waals surface area contributed by atoms with Gasteiger partial charge in [-0.15, -0.1) is 0 Å². The molecule has 148 valence electrons. The number of fused-ring (bicyclic) bond motifs is 1. The zero-order valence-electron chi connectivity index (χ0n) is 16.2. The number of carbonyl (C=O) groups is 1. The summed E-state index contributed by atoms with van der Waals surface area (Å²) in [7, 11) is 3.78. The summed E-state index contributed by atoms with van der Waals surface area (Å²) in [4.78, 5) is 24.0. The molecule has 1 aliphatic rings. The van der Waals surface area contributed by atoms with E-state index in [-0.39, 0.29) is 11.9 Å². The lowest BCUT2D eigenvalue weighted by Crippen LogP contribution is -2.37. The molecule has 1 saturated heterocycles. The van der Waals surface area contributed by atoms with Gasteiger partial charge in [0.2, 0.25) is 5.95 Å². The molecule has 1 fully saturated rings. The topological polar surface area (TPSA) is 98.2 Å². The van der Waals surface area contributed by atoms with E-state index in [2.05, 4.69) is 30.4 Å². The fourth-order valence-corrected chi connectivity index (χ4v) is 3.75. The number of rotatable bonds is 4. The van der Waals surface area contributed by atoms with E-state index in [4.69, 9.17) is 0 Å². The quantitative estimate of drug-likeness (QED) is 0.554. The molecule has 0 radical (unpaired) electrons. The van der Waals surface area contributed by atoms with Crippen molar-refractivity contribution < 1.29 is 4.79 Å². The van der Waals surface area contributed by atoms with E-state index in [0.717, 1.165) is 29.9 Å². The van der Waals surface area contributed by atoms with Crippen LogP contribution in [0.1, 0.15) is 16.8 Å². The van der Waals surface area contributed by atoms with Gasteiger partial charge in [0.05, 0.1) is 18.1 Å². The maximum absolute atomic E-state index is 12.8. The molecule has 0 bridgehead atoms. The predicted octanol–water partition coefficient (Wildman–Crippen LogP) is 0.872. The van der Waals surface area contributed by atoms with E-state index in [1.807, 2.05) is 43.3 Å². The average Bonchev–Trinajstić information content (AvgIpc) is 3.49. The summed E-state index contributed by atoms with van der Waals surface area (Å²) < 4.78 is 5.34. The highest BCUT2D eigenvalue weighted by atomic mass is 16.1. The second-order valence-electron chi connectivity index (χ2n) is 7.29. The molecule has 1 aliphatic heterocycles. The lowest BCUT2D eigenvalue weighted by molar-refractivity contribution is 0.0941. The van der Waals surface area contributed by atoms with E-state index >= 15 is 0 Å². The molecule has 0 spiro atoms. The third-order valence-corrected chi connectivity index (χ3v) is 5.23. The van der Waals surface area contributed by atoms with Crippen LogP contribution in [0, 0.1) is 0 Å². The molecule has 1 atom stereocenters. The summed E-state index contributed by atoms with van der Waals surface area (Å²) in [6, 6.07) is 1.91. The Kier molecular flexibility index (Phi) is 4.04. The number of anilines is 1. The van der Waals surface area contributed by atoms with Crippen molar-refractivity contribution in [1.82, 2.24) is 39.2 Å². The number of amides is 1. The summed E-state index contributed by atoms with van der Waals surface area (Å²) >= 11 is 0. The van der Waals surface area contributed by atoms with Crippen molar-refractivity contribution in [3.8, 4) is 11.3 Å². The van der Waals surface area contributed by atoms with Crippen LogP contribution >= 0.6 is 0 Å². The monoisotopic (exact) mass is 391 g/mol. The van der Waals surface area contributed by atoms with Crippen LogP contribution in [0.4, 0.5) is 5.95 Å². The molecule has 1 unspecified atom stereocenters. The molecule has 10 heteroatoms. The van der Waals surface area contributed by atoms with Gasteiger partial charge >= 0.3 is 0 Å². The fourth-order valence-electron chi connectivity index (χ4n) is 3.75. The summed E-state index contributed by atoms with van der Waals surface area (Å²) in [5.74, 6) is 0.553. The van der Waals surface area contributed by atoms with Crippen molar-refractivity contribution >= 4 is 17.5 Å². The van der Waals surface area contributed by atoms with Crippen LogP contribution in [0.25, 0.3) is 16.9 Å². The summed E-state index contributed by atoms with van der Waals surface area (Å²) in [5.41, 5.74) is 3.14. The molecule has 0 saturated carbocycles. The van der Waals surface area contributed by atoms with Crippen LogP contribution in [0.2, 0.25) is 0 Å². The zero-order valence-corrected chi connectivity index (χ0v) is 16.2. The number of nitrogens with one attached hydrogen (secondary N) is 1. The largest absolute Gasteiger partial charge is 0.347 e. The van der Waals surface area contributed by atoms with Crippen molar-refractivity contribution in [3.63, 3.8) is 0 Å².